The second kappa shape index (κ2) is 8.06. The van der Waals surface area contributed by atoms with Crippen molar-refractivity contribution in [3.63, 3.8) is 0 Å². The molecule has 0 aromatic heterocycles. The van der Waals surface area contributed by atoms with Gasteiger partial charge in [0.15, 0.2) is 10.2 Å². The minimum Gasteiger partial charge on any atom is -0.375 e. The van der Waals surface area contributed by atoms with E-state index in [1.54, 1.807) is 0 Å². The Hall–Kier alpha value is -1.28. The van der Waals surface area contributed by atoms with Crippen molar-refractivity contribution in [3.8, 4) is 0 Å². The highest BCUT2D eigenvalue weighted by atomic mass is 32.1. The van der Waals surface area contributed by atoms with Crippen LogP contribution >= 0.6 is 24.4 Å². The maximum Gasteiger partial charge on any atom is 0.184 e. The molecule has 15 heavy (non-hydrogen) atoms. The van der Waals surface area contributed by atoms with E-state index in [2.05, 4.69) is 45.5 Å². The predicted molar refractivity (Wildman–Crippen MR) is 70.7 cm³/mol. The molecule has 0 aliphatic heterocycles. The van der Waals surface area contributed by atoms with Gasteiger partial charge in [-0.15, -0.1) is 0 Å². The van der Waals surface area contributed by atoms with Gasteiger partial charge in [0.1, 0.15) is 0 Å². The topological polar surface area (TPSA) is 101 Å². The van der Waals surface area contributed by atoms with Crippen LogP contribution in [0, 0.1) is 0 Å². The average Bonchev–Trinajstić information content (AvgIpc) is 2.13. The van der Waals surface area contributed by atoms with E-state index < -0.39 is 0 Å². The van der Waals surface area contributed by atoms with E-state index >= 15 is 0 Å². The van der Waals surface area contributed by atoms with Crippen molar-refractivity contribution in [1.82, 2.24) is 10.9 Å². The zero-order valence-electron chi connectivity index (χ0n) is 8.36. The first kappa shape index (κ1) is 13.7. The summed E-state index contributed by atoms with van der Waals surface area (Å²) in [5.41, 5.74) is 16.0. The highest BCUT2D eigenvalue weighted by Gasteiger charge is 1.94. The third-order valence-electron chi connectivity index (χ3n) is 1.20. The van der Waals surface area contributed by atoms with Gasteiger partial charge in [-0.3, -0.25) is 10.9 Å². The normalized spacial score (nSPS) is 11.4. The Morgan fingerprint density at radius 3 is 2.33 bits per heavy atom. The molecule has 6 N–H and O–H groups in total. The maximum absolute atomic E-state index is 5.23. The number of hydrogen-bond acceptors (Lipinski definition) is 4. The SMILES string of the molecule is CCCC(/C=N\NC(N)=S)=N/NC(N)=S. The van der Waals surface area contributed by atoms with E-state index in [1.807, 2.05) is 6.92 Å². The summed E-state index contributed by atoms with van der Waals surface area (Å²) in [6.07, 6.45) is 3.18. The minimum atomic E-state index is 0.101. The summed E-state index contributed by atoms with van der Waals surface area (Å²) in [6.45, 7) is 2.02. The molecule has 0 aromatic rings. The van der Waals surface area contributed by atoms with Gasteiger partial charge < -0.3 is 11.5 Å². The molecule has 0 amide bonds. The third kappa shape index (κ3) is 9.03. The molecule has 8 heteroatoms. The molecule has 0 aliphatic carbocycles. The van der Waals surface area contributed by atoms with Crippen LogP contribution in [0.1, 0.15) is 19.8 Å². The summed E-state index contributed by atoms with van der Waals surface area (Å²) >= 11 is 9.19. The Morgan fingerprint density at radius 1 is 1.27 bits per heavy atom. The van der Waals surface area contributed by atoms with Crippen molar-refractivity contribution in [1.29, 1.82) is 0 Å². The van der Waals surface area contributed by atoms with Gasteiger partial charge >= 0.3 is 0 Å². The fourth-order valence-corrected chi connectivity index (χ4v) is 0.801. The first-order chi connectivity index (χ1) is 7.06. The molecule has 0 saturated heterocycles. The molecular formula is C7H14N6S2. The van der Waals surface area contributed by atoms with Gasteiger partial charge in [0.2, 0.25) is 0 Å². The standard InChI is InChI=1S/C7H14N6S2/c1-2-3-5(11-13-7(9)15)4-10-12-6(8)14/h4H,2-3H2,1H3,(H3,8,12,14)(H3,9,13,15)/b10-4-,11-5-. The number of nitrogens with two attached hydrogens (primary N) is 2. The number of rotatable bonds is 5. The molecule has 0 saturated carbocycles. The first-order valence-electron chi connectivity index (χ1n) is 4.26. The quantitative estimate of drug-likeness (QED) is 0.304. The maximum atomic E-state index is 5.23. The van der Waals surface area contributed by atoms with Gasteiger partial charge in [-0.1, -0.05) is 13.3 Å². The molecule has 0 aromatic carbocycles. The van der Waals surface area contributed by atoms with Crippen molar-refractivity contribution in [3.05, 3.63) is 0 Å². The molecule has 0 unspecified atom stereocenters. The Kier molecular flexibility index (Phi) is 7.38. The second-order valence-corrected chi connectivity index (χ2v) is 3.44. The summed E-state index contributed by atoms with van der Waals surface area (Å²) in [6, 6.07) is 0. The second-order valence-electron chi connectivity index (χ2n) is 2.56. The highest BCUT2D eigenvalue weighted by Crippen LogP contribution is 1.88. The molecule has 0 fully saturated rings. The van der Waals surface area contributed by atoms with Gasteiger partial charge in [0.05, 0.1) is 11.9 Å². The van der Waals surface area contributed by atoms with E-state index in [4.69, 9.17) is 11.5 Å². The lowest BCUT2D eigenvalue weighted by molar-refractivity contribution is 0.958. The summed E-state index contributed by atoms with van der Waals surface area (Å²) in [5, 5.41) is 7.92. The highest BCUT2D eigenvalue weighted by molar-refractivity contribution is 7.80. The Morgan fingerprint density at radius 2 is 1.87 bits per heavy atom. The number of hydrogen-bond donors (Lipinski definition) is 4. The zero-order chi connectivity index (χ0) is 11.7. The summed E-state index contributed by atoms with van der Waals surface area (Å²) < 4.78 is 0. The van der Waals surface area contributed by atoms with E-state index in [9.17, 15) is 0 Å². The van der Waals surface area contributed by atoms with E-state index in [1.165, 1.54) is 6.21 Å². The summed E-state index contributed by atoms with van der Waals surface area (Å²) in [4.78, 5) is 0. The molecular weight excluding hydrogens is 232 g/mol. The number of nitrogens with one attached hydrogen (secondary N) is 2. The number of nitrogens with zero attached hydrogens (tertiary/aromatic N) is 2. The van der Waals surface area contributed by atoms with Crippen LogP contribution in [-0.4, -0.2) is 22.2 Å². The fraction of sp³-hybridized carbons (Fsp3) is 0.429. The largest absolute Gasteiger partial charge is 0.375 e. The molecule has 0 radical (unpaired) electrons. The van der Waals surface area contributed by atoms with Crippen molar-refractivity contribution in [2.45, 2.75) is 19.8 Å². The Bertz CT molecular complexity index is 285. The molecule has 0 bridgehead atoms. The summed E-state index contributed by atoms with van der Waals surface area (Å²) in [7, 11) is 0. The monoisotopic (exact) mass is 246 g/mol. The van der Waals surface area contributed by atoms with Gasteiger partial charge in [0.25, 0.3) is 0 Å². The lowest BCUT2D eigenvalue weighted by atomic mass is 10.2. The van der Waals surface area contributed by atoms with E-state index in [0.717, 1.165) is 12.8 Å². The van der Waals surface area contributed by atoms with Gasteiger partial charge in [0, 0.05) is 0 Å². The molecule has 0 rings (SSSR count). The minimum absolute atomic E-state index is 0.101. The molecule has 0 atom stereocenters. The van der Waals surface area contributed by atoms with Gasteiger partial charge in [-0.25, -0.2) is 0 Å². The van der Waals surface area contributed by atoms with Crippen molar-refractivity contribution >= 4 is 46.6 Å². The smallest absolute Gasteiger partial charge is 0.184 e. The van der Waals surface area contributed by atoms with Crippen LogP contribution in [0.3, 0.4) is 0 Å². The zero-order valence-corrected chi connectivity index (χ0v) is 9.99. The van der Waals surface area contributed by atoms with Crippen molar-refractivity contribution < 1.29 is 0 Å². The van der Waals surface area contributed by atoms with Crippen LogP contribution in [0.4, 0.5) is 0 Å². The third-order valence-corrected chi connectivity index (χ3v) is 1.39. The predicted octanol–water partition coefficient (Wildman–Crippen LogP) is -0.205. The van der Waals surface area contributed by atoms with E-state index in [0.29, 0.717) is 5.71 Å². The van der Waals surface area contributed by atoms with Crippen LogP contribution in [0.25, 0.3) is 0 Å². The molecule has 6 nitrogen and oxygen atoms in total. The Labute approximate surface area is 99.2 Å². The number of thiocarbonyl (C=S) groups is 2. The summed E-state index contributed by atoms with van der Waals surface area (Å²) in [5.74, 6) is 0. The van der Waals surface area contributed by atoms with Crippen LogP contribution < -0.4 is 22.3 Å². The molecule has 0 heterocycles. The van der Waals surface area contributed by atoms with Crippen LogP contribution in [-0.2, 0) is 0 Å². The van der Waals surface area contributed by atoms with E-state index in [-0.39, 0.29) is 10.2 Å². The molecule has 0 aliphatic rings. The van der Waals surface area contributed by atoms with Crippen LogP contribution in [0.2, 0.25) is 0 Å². The Balaban J connectivity index is 4.25. The van der Waals surface area contributed by atoms with Crippen LogP contribution in [0.15, 0.2) is 10.2 Å². The van der Waals surface area contributed by atoms with Crippen LogP contribution in [0.5, 0.6) is 0 Å². The molecule has 84 valence electrons. The molecule has 0 spiro atoms. The lowest BCUT2D eigenvalue weighted by Crippen LogP contribution is -2.27. The van der Waals surface area contributed by atoms with Gasteiger partial charge in [-0.05, 0) is 30.9 Å². The van der Waals surface area contributed by atoms with Crippen molar-refractivity contribution in [2.75, 3.05) is 0 Å². The number of hydrazone groups is 2. The van der Waals surface area contributed by atoms with Crippen molar-refractivity contribution in [2.24, 2.45) is 21.7 Å². The lowest BCUT2D eigenvalue weighted by Gasteiger charge is -2.00. The first-order valence-corrected chi connectivity index (χ1v) is 5.08. The fourth-order valence-electron chi connectivity index (χ4n) is 0.703. The average molecular weight is 246 g/mol. The van der Waals surface area contributed by atoms with Gasteiger partial charge in [-0.2, -0.15) is 10.2 Å².